The maximum Gasteiger partial charge on any atom is 0.338 e. The van der Waals surface area contributed by atoms with Crippen molar-refractivity contribution in [1.29, 1.82) is 0 Å². The van der Waals surface area contributed by atoms with Crippen LogP contribution in [-0.4, -0.2) is 44.9 Å². The first kappa shape index (κ1) is 21.8. The Labute approximate surface area is 205 Å². The van der Waals surface area contributed by atoms with Gasteiger partial charge in [-0.05, 0) is 37.8 Å². The maximum absolute atomic E-state index is 11.1. The highest BCUT2D eigenvalue weighted by molar-refractivity contribution is 6.39. The molecule has 2 saturated carbocycles. The van der Waals surface area contributed by atoms with Gasteiger partial charge in [-0.3, -0.25) is 0 Å². The van der Waals surface area contributed by atoms with Gasteiger partial charge in [0.1, 0.15) is 11.5 Å². The molecule has 2 bridgehead atoms. The SMILES string of the molecule is O=C(O)c1cnc(N2C[C@@H]3C[C@H]2C[C@H]3OCc2c(-c3c(Cl)cccc3Cl)noc2C2CC2)nc1. The van der Waals surface area contributed by atoms with Crippen LogP contribution in [0.15, 0.2) is 35.1 Å². The van der Waals surface area contributed by atoms with E-state index in [1.165, 1.54) is 12.4 Å². The van der Waals surface area contributed by atoms with Crippen LogP contribution in [0.25, 0.3) is 11.3 Å². The highest BCUT2D eigenvalue weighted by Gasteiger charge is 2.46. The molecule has 1 saturated heterocycles. The van der Waals surface area contributed by atoms with E-state index in [1.54, 1.807) is 12.1 Å². The van der Waals surface area contributed by atoms with Crippen molar-refractivity contribution >= 4 is 35.1 Å². The van der Waals surface area contributed by atoms with Gasteiger partial charge >= 0.3 is 5.97 Å². The fourth-order valence-corrected chi connectivity index (χ4v) is 5.75. The minimum Gasteiger partial charge on any atom is -0.478 e. The van der Waals surface area contributed by atoms with Gasteiger partial charge in [-0.2, -0.15) is 0 Å². The monoisotopic (exact) mass is 500 g/mol. The molecule has 0 unspecified atom stereocenters. The number of hydrogen-bond acceptors (Lipinski definition) is 7. The molecule has 2 aliphatic carbocycles. The van der Waals surface area contributed by atoms with Crippen molar-refractivity contribution in [2.24, 2.45) is 5.92 Å². The average Bonchev–Trinajstić information content (AvgIpc) is 3.28. The number of aromatic carboxylic acids is 1. The topological polar surface area (TPSA) is 102 Å². The summed E-state index contributed by atoms with van der Waals surface area (Å²) in [6.45, 7) is 1.17. The second kappa shape index (κ2) is 8.52. The van der Waals surface area contributed by atoms with E-state index in [4.69, 9.17) is 37.6 Å². The zero-order chi connectivity index (χ0) is 23.4. The Morgan fingerprint density at radius 1 is 1.18 bits per heavy atom. The van der Waals surface area contributed by atoms with Crippen LogP contribution in [0.4, 0.5) is 5.95 Å². The fraction of sp³-hybridized carbons (Fsp3) is 0.417. The van der Waals surface area contributed by atoms with Crippen LogP contribution in [0.2, 0.25) is 10.0 Å². The number of carboxylic acids is 1. The van der Waals surface area contributed by atoms with Gasteiger partial charge in [0.15, 0.2) is 0 Å². The van der Waals surface area contributed by atoms with Crippen molar-refractivity contribution < 1.29 is 19.2 Å². The number of fused-ring (bicyclic) bond motifs is 2. The standard InChI is InChI=1S/C24H22Cl2N4O4/c25-17-2-1-3-18(26)20(17)21-16(22(34-29-21)12-4-5-12)11-33-19-7-15-6-13(19)10-30(15)24-27-8-14(9-28-24)23(31)32/h1-3,8-9,12-13,15,19H,4-7,10-11H2,(H,31,32)/t13-,15-,19+/m0/s1. The summed E-state index contributed by atoms with van der Waals surface area (Å²) in [6, 6.07) is 5.68. The number of ether oxygens (including phenoxy) is 1. The van der Waals surface area contributed by atoms with Crippen LogP contribution in [0.5, 0.6) is 0 Å². The summed E-state index contributed by atoms with van der Waals surface area (Å²) in [5.74, 6) is 1.15. The van der Waals surface area contributed by atoms with Crippen molar-refractivity contribution in [3.05, 3.63) is 57.5 Å². The summed E-state index contributed by atoms with van der Waals surface area (Å²) in [5.41, 5.74) is 2.36. The van der Waals surface area contributed by atoms with E-state index in [1.807, 2.05) is 6.07 Å². The van der Waals surface area contributed by atoms with E-state index < -0.39 is 5.97 Å². The summed E-state index contributed by atoms with van der Waals surface area (Å²) in [7, 11) is 0. The molecule has 0 radical (unpaired) electrons. The Morgan fingerprint density at radius 3 is 2.53 bits per heavy atom. The fourth-order valence-electron chi connectivity index (χ4n) is 5.17. The van der Waals surface area contributed by atoms with Gasteiger partial charge < -0.3 is 19.3 Å². The normalized spacial score (nSPS) is 23.6. The Morgan fingerprint density at radius 2 is 1.91 bits per heavy atom. The molecule has 8 nitrogen and oxygen atoms in total. The van der Waals surface area contributed by atoms with E-state index >= 15 is 0 Å². The Kier molecular flexibility index (Phi) is 5.47. The molecule has 3 fully saturated rings. The van der Waals surface area contributed by atoms with Crippen LogP contribution in [0, 0.1) is 5.92 Å². The summed E-state index contributed by atoms with van der Waals surface area (Å²) in [6.07, 6.45) is 6.85. The zero-order valence-corrected chi connectivity index (χ0v) is 19.7. The smallest absolute Gasteiger partial charge is 0.338 e. The van der Waals surface area contributed by atoms with Crippen LogP contribution < -0.4 is 4.90 Å². The number of rotatable bonds is 7. The quantitative estimate of drug-likeness (QED) is 0.472. The zero-order valence-electron chi connectivity index (χ0n) is 18.2. The Hall–Kier alpha value is -2.68. The molecule has 6 rings (SSSR count). The van der Waals surface area contributed by atoms with E-state index in [-0.39, 0.29) is 17.7 Å². The number of hydrogen-bond donors (Lipinski definition) is 1. The molecule has 2 aromatic heterocycles. The van der Waals surface area contributed by atoms with E-state index in [0.717, 1.165) is 43.6 Å². The predicted molar refractivity (Wildman–Crippen MR) is 125 cm³/mol. The first-order valence-electron chi connectivity index (χ1n) is 11.4. The second-order valence-corrected chi connectivity index (χ2v) is 10.0. The summed E-state index contributed by atoms with van der Waals surface area (Å²) < 4.78 is 12.2. The van der Waals surface area contributed by atoms with Crippen LogP contribution in [0.1, 0.15) is 53.3 Å². The number of carboxylic acid groups (broad SMARTS) is 1. The summed E-state index contributed by atoms with van der Waals surface area (Å²) in [4.78, 5) is 21.7. The van der Waals surface area contributed by atoms with Crippen LogP contribution in [-0.2, 0) is 11.3 Å². The minimum atomic E-state index is -1.03. The van der Waals surface area contributed by atoms with Crippen molar-refractivity contribution in [3.8, 4) is 11.3 Å². The molecule has 34 heavy (non-hydrogen) atoms. The number of carbonyl (C=O) groups is 1. The van der Waals surface area contributed by atoms with Crippen molar-refractivity contribution in [2.75, 3.05) is 11.4 Å². The van der Waals surface area contributed by atoms with Crippen molar-refractivity contribution in [2.45, 2.75) is 50.4 Å². The van der Waals surface area contributed by atoms with Gasteiger partial charge in [-0.15, -0.1) is 0 Å². The van der Waals surface area contributed by atoms with Gasteiger partial charge in [-0.1, -0.05) is 34.4 Å². The van der Waals surface area contributed by atoms with E-state index in [9.17, 15) is 4.79 Å². The molecule has 176 valence electrons. The lowest BCUT2D eigenvalue weighted by Gasteiger charge is -2.31. The molecule has 3 aliphatic rings. The lowest BCUT2D eigenvalue weighted by molar-refractivity contribution is 0.0121. The summed E-state index contributed by atoms with van der Waals surface area (Å²) >= 11 is 12.9. The molecule has 0 spiro atoms. The average molecular weight is 501 g/mol. The van der Waals surface area contributed by atoms with Crippen molar-refractivity contribution in [3.63, 3.8) is 0 Å². The molecule has 1 aliphatic heterocycles. The molecule has 10 heteroatoms. The second-order valence-electron chi connectivity index (χ2n) is 9.21. The first-order valence-corrected chi connectivity index (χ1v) is 12.1. The molecular weight excluding hydrogens is 479 g/mol. The van der Waals surface area contributed by atoms with E-state index in [2.05, 4.69) is 20.0 Å². The highest BCUT2D eigenvalue weighted by atomic mass is 35.5. The summed E-state index contributed by atoms with van der Waals surface area (Å²) in [5, 5.41) is 14.5. The molecule has 3 heterocycles. The number of nitrogens with zero attached hydrogens (tertiary/aromatic N) is 4. The molecule has 0 amide bonds. The van der Waals surface area contributed by atoms with Gasteiger partial charge in [0.05, 0.1) is 28.3 Å². The lowest BCUT2D eigenvalue weighted by atomic mass is 10.0. The Balaban J connectivity index is 1.17. The van der Waals surface area contributed by atoms with Gasteiger partial charge in [0.25, 0.3) is 0 Å². The largest absolute Gasteiger partial charge is 0.478 e. The number of aromatic nitrogens is 3. The number of anilines is 1. The lowest BCUT2D eigenvalue weighted by Crippen LogP contribution is -2.39. The minimum absolute atomic E-state index is 0.0870. The third kappa shape index (κ3) is 3.83. The molecular formula is C24H22Cl2N4O4. The molecule has 3 atom stereocenters. The van der Waals surface area contributed by atoms with Crippen LogP contribution in [0.3, 0.4) is 0 Å². The Bertz CT molecular complexity index is 1220. The van der Waals surface area contributed by atoms with Crippen LogP contribution >= 0.6 is 23.2 Å². The third-order valence-corrected chi connectivity index (χ3v) is 7.66. The predicted octanol–water partition coefficient (Wildman–Crippen LogP) is 5.20. The van der Waals surface area contributed by atoms with E-state index in [0.29, 0.717) is 45.7 Å². The third-order valence-electron chi connectivity index (χ3n) is 7.03. The van der Waals surface area contributed by atoms with Gasteiger partial charge in [-0.25, -0.2) is 14.8 Å². The van der Waals surface area contributed by atoms with Crippen molar-refractivity contribution in [1.82, 2.24) is 15.1 Å². The number of halogens is 2. The molecule has 1 N–H and O–H groups in total. The molecule has 1 aromatic carbocycles. The van der Waals surface area contributed by atoms with Gasteiger partial charge in [0.2, 0.25) is 5.95 Å². The number of piperidine rings is 1. The first-order chi connectivity index (χ1) is 16.5. The maximum atomic E-state index is 11.1. The molecule has 3 aromatic rings. The van der Waals surface area contributed by atoms with Gasteiger partial charge in [0, 0.05) is 47.9 Å². The number of benzene rings is 1. The highest BCUT2D eigenvalue weighted by Crippen LogP contribution is 2.47.